The lowest BCUT2D eigenvalue weighted by molar-refractivity contribution is -0.139. The Morgan fingerprint density at radius 3 is 2.03 bits per heavy atom. The fourth-order valence-corrected chi connectivity index (χ4v) is 6.64. The first-order valence-corrected chi connectivity index (χ1v) is 19.8. The fraction of sp³-hybridized carbons (Fsp3) is 0.512. The van der Waals surface area contributed by atoms with E-state index in [1.807, 2.05) is 12.1 Å². The molecule has 1 aliphatic heterocycles. The molecule has 8 N–H and O–H groups in total. The van der Waals surface area contributed by atoms with Crippen molar-refractivity contribution >= 4 is 54.0 Å². The number of hydrogen-bond donors (Lipinski definition) is 7. The Labute approximate surface area is 338 Å². The summed E-state index contributed by atoms with van der Waals surface area (Å²) < 4.78 is 0. The summed E-state index contributed by atoms with van der Waals surface area (Å²) >= 11 is 0. The van der Waals surface area contributed by atoms with Crippen LogP contribution in [0.5, 0.6) is 0 Å². The zero-order valence-electron chi connectivity index (χ0n) is 33.4. The van der Waals surface area contributed by atoms with E-state index in [9.17, 15) is 43.5 Å². The smallest absolute Gasteiger partial charge is 0.427 e. The third kappa shape index (κ3) is 14.6. The lowest BCUT2D eigenvalue weighted by Gasteiger charge is -2.25. The van der Waals surface area contributed by atoms with Gasteiger partial charge in [-0.25, -0.2) is 0 Å². The second kappa shape index (κ2) is 23.2. The Morgan fingerprint density at radius 1 is 0.828 bits per heavy atom. The van der Waals surface area contributed by atoms with E-state index in [0.29, 0.717) is 12.8 Å². The monoisotopic (exact) mass is 805 g/mol. The van der Waals surface area contributed by atoms with Gasteiger partial charge in [-0.15, -0.1) is 0 Å². The first-order valence-electron chi connectivity index (χ1n) is 19.8. The number of nitrogens with two attached hydrogens (primary N) is 1. The van der Waals surface area contributed by atoms with Crippen molar-refractivity contribution in [3.8, 4) is 11.1 Å². The number of benzene rings is 2. The van der Waals surface area contributed by atoms with E-state index >= 15 is 0 Å². The summed E-state index contributed by atoms with van der Waals surface area (Å²) in [7, 11) is -1.76. The minimum Gasteiger partial charge on any atom is -0.427 e. The number of aliphatic hydroxyl groups excluding tert-OH is 1. The minimum atomic E-state index is -1.76. The normalized spacial score (nSPS) is 15.7. The predicted molar refractivity (Wildman–Crippen MR) is 215 cm³/mol. The summed E-state index contributed by atoms with van der Waals surface area (Å²) in [5.41, 5.74) is 8.66. The molecule has 16 nitrogen and oxygen atoms in total. The van der Waals surface area contributed by atoms with Gasteiger partial charge in [0.15, 0.2) is 17.3 Å². The van der Waals surface area contributed by atoms with Gasteiger partial charge in [-0.3, -0.25) is 38.4 Å². The van der Waals surface area contributed by atoms with Crippen LogP contribution in [0.25, 0.3) is 11.1 Å². The number of nitrogens with one attached hydrogen (secondary N) is 3. The molecule has 5 atom stereocenters. The zero-order chi connectivity index (χ0) is 42.9. The van der Waals surface area contributed by atoms with Gasteiger partial charge >= 0.3 is 7.12 Å². The number of likely N-dealkylation sites (tertiary alicyclic amines) is 1. The number of primary amides is 1. The zero-order valence-corrected chi connectivity index (χ0v) is 33.4. The number of unbranched alkanes of at least 4 members (excludes halogenated alkanes) is 1. The third-order valence-electron chi connectivity index (χ3n) is 10.2. The second-order valence-corrected chi connectivity index (χ2v) is 14.9. The van der Waals surface area contributed by atoms with Crippen molar-refractivity contribution in [2.45, 2.75) is 103 Å². The maximum Gasteiger partial charge on any atom is 0.451 e. The summed E-state index contributed by atoms with van der Waals surface area (Å²) in [6.07, 6.45) is 2.29. The molecule has 1 saturated heterocycles. The van der Waals surface area contributed by atoms with E-state index in [1.165, 1.54) is 24.3 Å². The van der Waals surface area contributed by atoms with Crippen LogP contribution < -0.4 is 21.7 Å². The summed E-state index contributed by atoms with van der Waals surface area (Å²) in [5.74, 6) is -6.82. The number of aliphatic hydroxyl groups is 1. The van der Waals surface area contributed by atoms with Gasteiger partial charge in [-0.2, -0.15) is 0 Å². The Morgan fingerprint density at radius 2 is 1.45 bits per heavy atom. The lowest BCUT2D eigenvalue weighted by Crippen LogP contribution is -2.48. The highest BCUT2D eigenvalue weighted by Crippen LogP contribution is 2.23. The molecule has 2 aromatic rings. The average Bonchev–Trinajstić information content (AvgIpc) is 3.70. The lowest BCUT2D eigenvalue weighted by atomic mass is 9.82. The van der Waals surface area contributed by atoms with Crippen LogP contribution in [0.2, 0.25) is 6.32 Å². The largest absolute Gasteiger partial charge is 0.451 e. The number of carbonyl (C=O) groups excluding carboxylic acids is 8. The van der Waals surface area contributed by atoms with Gasteiger partial charge in [0.25, 0.3) is 5.91 Å². The van der Waals surface area contributed by atoms with Crippen molar-refractivity contribution < 1.29 is 53.5 Å². The van der Waals surface area contributed by atoms with Crippen molar-refractivity contribution in [1.82, 2.24) is 20.9 Å². The Balaban J connectivity index is 1.48. The number of rotatable bonds is 24. The highest BCUT2D eigenvalue weighted by molar-refractivity contribution is 6.41. The van der Waals surface area contributed by atoms with E-state index in [4.69, 9.17) is 15.8 Å². The van der Waals surface area contributed by atoms with Crippen LogP contribution in [0.3, 0.4) is 0 Å². The van der Waals surface area contributed by atoms with E-state index in [0.717, 1.165) is 30.4 Å². The molecule has 0 radical (unpaired) electrons. The van der Waals surface area contributed by atoms with Crippen molar-refractivity contribution in [1.29, 1.82) is 0 Å². The summed E-state index contributed by atoms with van der Waals surface area (Å²) in [6.45, 7) is 4.14. The molecule has 17 heteroatoms. The summed E-state index contributed by atoms with van der Waals surface area (Å²) in [5, 5.41) is 35.4. The number of aryl methyl sites for hydroxylation is 1. The van der Waals surface area contributed by atoms with Gasteiger partial charge in [0.05, 0.1) is 31.7 Å². The Kier molecular flexibility index (Phi) is 18.9. The number of ketones is 3. The molecule has 1 unspecified atom stereocenters. The summed E-state index contributed by atoms with van der Waals surface area (Å²) in [4.78, 5) is 103. The quantitative estimate of drug-likeness (QED) is 0.0733. The molecular formula is C41H56BN5O11. The van der Waals surface area contributed by atoms with Gasteiger partial charge in [-0.1, -0.05) is 63.6 Å². The van der Waals surface area contributed by atoms with Crippen LogP contribution >= 0.6 is 0 Å². The van der Waals surface area contributed by atoms with E-state index in [2.05, 4.69) is 35.0 Å². The molecule has 314 valence electrons. The standard InChI is InChI=1S/C41H56BN5O11/c1-4-5-7-27-9-11-28(12-10-27)29-13-15-30(16-14-29)41(56)46-32(24-48)35(50)20-25(2)39(54)44-23-38(53)47-19-6-8-33(47)36(51)21-26(3)40(55)45-31(22-37(43)52)34(49)17-18-42(57)58/h9-16,25-26,31-33,48,57-58H,4-8,17-24H2,1-3H3,(H2,43,52)(H,44,54)(H,45,55)(H,46,56)/t25-,26+,31-,32+,33?/m0/s1. The number of carbonyl (C=O) groups is 8. The van der Waals surface area contributed by atoms with Crippen molar-refractivity contribution in [2.24, 2.45) is 17.6 Å². The van der Waals surface area contributed by atoms with Crippen LogP contribution in [-0.2, 0) is 40.0 Å². The molecule has 2 aromatic carbocycles. The van der Waals surface area contributed by atoms with Gasteiger partial charge in [0.2, 0.25) is 23.6 Å². The van der Waals surface area contributed by atoms with Crippen LogP contribution in [0.1, 0.15) is 88.1 Å². The molecule has 0 spiro atoms. The van der Waals surface area contributed by atoms with Crippen molar-refractivity contribution in [3.63, 3.8) is 0 Å². The highest BCUT2D eigenvalue weighted by atomic mass is 16.4. The first-order chi connectivity index (χ1) is 27.5. The first kappa shape index (κ1) is 47.1. The molecule has 5 amide bonds. The molecule has 1 aliphatic rings. The molecule has 0 bridgehead atoms. The molecule has 0 aromatic heterocycles. The average molecular weight is 806 g/mol. The van der Waals surface area contributed by atoms with Gasteiger partial charge in [-0.05, 0) is 60.8 Å². The number of hydrogen-bond acceptors (Lipinski definition) is 11. The number of amides is 5. The van der Waals surface area contributed by atoms with Crippen LogP contribution in [0, 0.1) is 11.8 Å². The summed E-state index contributed by atoms with van der Waals surface area (Å²) in [6, 6.07) is 11.6. The molecular weight excluding hydrogens is 749 g/mol. The maximum absolute atomic E-state index is 13.2. The molecule has 0 saturated carbocycles. The van der Waals surface area contributed by atoms with Crippen molar-refractivity contribution in [3.05, 3.63) is 59.7 Å². The predicted octanol–water partition coefficient (Wildman–Crippen LogP) is 0.877. The van der Waals surface area contributed by atoms with Gasteiger partial charge in [0.1, 0.15) is 6.04 Å². The van der Waals surface area contributed by atoms with E-state index in [-0.39, 0.29) is 37.7 Å². The van der Waals surface area contributed by atoms with E-state index < -0.39 is 104 Å². The maximum atomic E-state index is 13.2. The molecule has 3 rings (SSSR count). The van der Waals surface area contributed by atoms with E-state index in [1.54, 1.807) is 24.3 Å². The molecule has 58 heavy (non-hydrogen) atoms. The highest BCUT2D eigenvalue weighted by Gasteiger charge is 2.36. The third-order valence-corrected chi connectivity index (χ3v) is 10.2. The topological polar surface area (TPSA) is 263 Å². The molecule has 1 fully saturated rings. The van der Waals surface area contributed by atoms with Crippen molar-refractivity contribution in [2.75, 3.05) is 19.7 Å². The molecule has 0 aliphatic carbocycles. The molecule has 1 heterocycles. The minimum absolute atomic E-state index is 0.235. The Hall–Kier alpha value is -5.26. The Bertz CT molecular complexity index is 1770. The number of nitrogens with zero attached hydrogens (tertiary/aromatic N) is 1. The van der Waals surface area contributed by atoms with Crippen LogP contribution in [-0.4, -0.2) is 112 Å². The van der Waals surface area contributed by atoms with Crippen LogP contribution in [0.4, 0.5) is 0 Å². The van der Waals surface area contributed by atoms with Crippen LogP contribution in [0.15, 0.2) is 48.5 Å². The van der Waals surface area contributed by atoms with Gasteiger partial charge < -0.3 is 41.7 Å². The fourth-order valence-electron chi connectivity index (χ4n) is 6.64. The number of Topliss-reactive ketones (excluding diaryl/α,β-unsaturated/α-hetero) is 3. The van der Waals surface area contributed by atoms with Gasteiger partial charge in [0, 0.05) is 43.2 Å². The second-order valence-electron chi connectivity index (χ2n) is 14.9. The SMILES string of the molecule is CCCCc1ccc(-c2ccc(C(=O)N[C@H](CO)C(=O)C[C@H](C)C(=O)NCC(=O)N3CCCC3C(=O)C[C@@H](C)C(=O)N[C@@H](CC(N)=O)C(=O)CCB(O)O)cc2)cc1.